The summed E-state index contributed by atoms with van der Waals surface area (Å²) in [6.45, 7) is 2.23. The highest BCUT2D eigenvalue weighted by Gasteiger charge is 2.12. The predicted octanol–water partition coefficient (Wildman–Crippen LogP) is 2.63. The molecule has 0 aliphatic heterocycles. The zero-order valence-electron chi connectivity index (χ0n) is 14.2. The molecule has 1 N–H and O–H groups in total. The number of ether oxygens (including phenoxy) is 2. The van der Waals surface area contributed by atoms with Crippen molar-refractivity contribution in [2.45, 2.75) is 6.92 Å². The van der Waals surface area contributed by atoms with Crippen molar-refractivity contribution in [3.8, 4) is 11.5 Å². The van der Waals surface area contributed by atoms with E-state index in [-0.39, 0.29) is 0 Å². The van der Waals surface area contributed by atoms with Crippen LogP contribution in [0.5, 0.6) is 11.5 Å². The summed E-state index contributed by atoms with van der Waals surface area (Å²) in [5.41, 5.74) is -0.228. The van der Waals surface area contributed by atoms with Crippen molar-refractivity contribution >= 4 is 28.7 Å². The van der Waals surface area contributed by atoms with Gasteiger partial charge in [0.1, 0.15) is 0 Å². The minimum absolute atomic E-state index is 0.359. The molecular weight excluding hydrogens is 358 g/mol. The summed E-state index contributed by atoms with van der Waals surface area (Å²) in [5.74, 6) is 0.856. The van der Waals surface area contributed by atoms with Crippen LogP contribution in [0.4, 0.5) is 0 Å². The maximum Gasteiger partial charge on any atom is 0.349 e. The molecule has 3 aromatic rings. The minimum Gasteiger partial charge on any atom is -0.493 e. The summed E-state index contributed by atoms with van der Waals surface area (Å²) in [4.78, 5) is 27.3. The van der Waals surface area contributed by atoms with Crippen LogP contribution in [0.15, 0.2) is 51.1 Å². The van der Waals surface area contributed by atoms with Gasteiger partial charge in [0.2, 0.25) is 0 Å². The van der Waals surface area contributed by atoms with Crippen LogP contribution in [0.1, 0.15) is 12.5 Å². The Balaban J connectivity index is 2.14. The van der Waals surface area contributed by atoms with E-state index in [4.69, 9.17) is 21.1 Å². The number of H-pyrrole nitrogens is 1. The topological polar surface area (TPSA) is 85.7 Å². The molecule has 3 rings (SSSR count). The molecule has 1 aromatic heterocycles. The van der Waals surface area contributed by atoms with Crippen LogP contribution >= 0.6 is 11.6 Å². The van der Waals surface area contributed by atoms with Crippen molar-refractivity contribution in [3.63, 3.8) is 0 Å². The minimum atomic E-state index is -0.642. The first-order chi connectivity index (χ1) is 12.5. The second-order valence-corrected chi connectivity index (χ2v) is 5.73. The van der Waals surface area contributed by atoms with E-state index in [9.17, 15) is 9.59 Å². The third kappa shape index (κ3) is 3.34. The van der Waals surface area contributed by atoms with Crippen LogP contribution in [-0.2, 0) is 0 Å². The Bertz CT molecular complexity index is 1100. The molecule has 1 heterocycles. The second kappa shape index (κ2) is 7.45. The van der Waals surface area contributed by atoms with Crippen LogP contribution in [0.3, 0.4) is 0 Å². The number of hydrogen-bond donors (Lipinski definition) is 1. The molecule has 26 heavy (non-hydrogen) atoms. The van der Waals surface area contributed by atoms with Crippen LogP contribution < -0.4 is 20.7 Å². The number of nitrogens with zero attached hydrogens (tertiary/aromatic N) is 2. The van der Waals surface area contributed by atoms with Crippen molar-refractivity contribution < 1.29 is 9.47 Å². The van der Waals surface area contributed by atoms with Crippen molar-refractivity contribution in [2.75, 3.05) is 13.7 Å². The maximum atomic E-state index is 12.5. The molecule has 134 valence electrons. The number of nitrogens with one attached hydrogen (secondary N) is 1. The quantitative estimate of drug-likeness (QED) is 0.696. The van der Waals surface area contributed by atoms with Gasteiger partial charge in [-0.05, 0) is 25.1 Å². The number of benzene rings is 2. The first-order valence-corrected chi connectivity index (χ1v) is 8.21. The fourth-order valence-electron chi connectivity index (χ4n) is 2.51. The van der Waals surface area contributed by atoms with Crippen molar-refractivity contribution in [1.82, 2.24) is 9.66 Å². The lowest BCUT2D eigenvalue weighted by Gasteiger charge is -2.12. The number of para-hydroxylation sites is 1. The van der Waals surface area contributed by atoms with E-state index in [0.717, 1.165) is 4.68 Å². The number of methoxy groups -OCH3 is 1. The Labute approximate surface area is 153 Å². The molecule has 0 unspecified atom stereocenters. The summed E-state index contributed by atoms with van der Waals surface area (Å²) in [6.07, 6.45) is 1.34. The van der Waals surface area contributed by atoms with Gasteiger partial charge in [-0.1, -0.05) is 23.7 Å². The summed E-state index contributed by atoms with van der Waals surface area (Å²) >= 11 is 6.09. The number of aromatic nitrogens is 2. The number of halogens is 1. The van der Waals surface area contributed by atoms with Gasteiger partial charge < -0.3 is 14.5 Å². The second-order valence-electron chi connectivity index (χ2n) is 5.30. The van der Waals surface area contributed by atoms with Gasteiger partial charge in [-0.25, -0.2) is 4.79 Å². The van der Waals surface area contributed by atoms with Gasteiger partial charge in [0, 0.05) is 16.7 Å². The monoisotopic (exact) mass is 373 g/mol. The Hall–Kier alpha value is -3.06. The van der Waals surface area contributed by atoms with Crippen LogP contribution in [-0.4, -0.2) is 29.6 Å². The molecule has 0 aliphatic rings. The molecule has 0 saturated carbocycles. The third-order valence-corrected chi connectivity index (χ3v) is 3.87. The number of aromatic amines is 1. The number of hydrogen-bond acceptors (Lipinski definition) is 5. The fourth-order valence-corrected chi connectivity index (χ4v) is 2.73. The average molecular weight is 374 g/mol. The third-order valence-electron chi connectivity index (χ3n) is 3.65. The molecule has 0 spiro atoms. The lowest BCUT2D eigenvalue weighted by Crippen LogP contribution is -2.32. The summed E-state index contributed by atoms with van der Waals surface area (Å²) in [5, 5.41) is 4.79. The van der Waals surface area contributed by atoms with Gasteiger partial charge in [-0.3, -0.25) is 4.79 Å². The molecule has 0 radical (unpaired) electrons. The predicted molar refractivity (Wildman–Crippen MR) is 101 cm³/mol. The van der Waals surface area contributed by atoms with Crippen LogP contribution in [0.2, 0.25) is 5.02 Å². The van der Waals surface area contributed by atoms with E-state index in [1.165, 1.54) is 13.3 Å². The Morgan fingerprint density at radius 3 is 2.77 bits per heavy atom. The molecular formula is C18H16ClN3O4. The molecule has 0 atom stereocenters. The molecule has 0 bridgehead atoms. The molecule has 0 saturated heterocycles. The smallest absolute Gasteiger partial charge is 0.349 e. The number of rotatable bonds is 5. The summed E-state index contributed by atoms with van der Waals surface area (Å²) < 4.78 is 11.6. The Morgan fingerprint density at radius 1 is 1.27 bits per heavy atom. The summed E-state index contributed by atoms with van der Waals surface area (Å²) in [7, 11) is 1.49. The van der Waals surface area contributed by atoms with Gasteiger partial charge in [-0.2, -0.15) is 5.10 Å². The van der Waals surface area contributed by atoms with Crippen molar-refractivity contribution in [3.05, 3.63) is 67.8 Å². The van der Waals surface area contributed by atoms with E-state index < -0.39 is 11.2 Å². The normalized spacial score (nSPS) is 11.2. The van der Waals surface area contributed by atoms with Crippen molar-refractivity contribution in [1.29, 1.82) is 0 Å². The zero-order valence-corrected chi connectivity index (χ0v) is 14.9. The van der Waals surface area contributed by atoms with E-state index in [1.54, 1.807) is 36.4 Å². The first kappa shape index (κ1) is 17.8. The average Bonchev–Trinajstić information content (AvgIpc) is 2.63. The van der Waals surface area contributed by atoms with E-state index >= 15 is 0 Å². The van der Waals surface area contributed by atoms with Crippen LogP contribution in [0, 0.1) is 0 Å². The van der Waals surface area contributed by atoms with Gasteiger partial charge in [0.05, 0.1) is 30.8 Å². The van der Waals surface area contributed by atoms with Gasteiger partial charge in [-0.15, -0.1) is 4.68 Å². The van der Waals surface area contributed by atoms with Gasteiger partial charge in [0.15, 0.2) is 11.5 Å². The molecule has 0 aliphatic carbocycles. The lowest BCUT2D eigenvalue weighted by molar-refractivity contribution is 0.310. The molecule has 0 fully saturated rings. The largest absolute Gasteiger partial charge is 0.493 e. The number of fused-ring (bicyclic) bond motifs is 1. The highest BCUT2D eigenvalue weighted by atomic mass is 35.5. The zero-order chi connectivity index (χ0) is 18.7. The SMILES string of the molecule is CCOc1c(C=Nn2c(=O)[nH]c3ccccc3c2=O)cc(Cl)cc1OC. The highest BCUT2D eigenvalue weighted by Crippen LogP contribution is 2.33. The van der Waals surface area contributed by atoms with Gasteiger partial charge >= 0.3 is 5.69 Å². The maximum absolute atomic E-state index is 12.5. The van der Waals surface area contributed by atoms with E-state index in [2.05, 4.69) is 10.1 Å². The molecule has 8 heteroatoms. The molecule has 7 nitrogen and oxygen atoms in total. The Kier molecular flexibility index (Phi) is 5.09. The van der Waals surface area contributed by atoms with Crippen molar-refractivity contribution in [2.24, 2.45) is 5.10 Å². The first-order valence-electron chi connectivity index (χ1n) is 7.84. The van der Waals surface area contributed by atoms with Crippen LogP contribution in [0.25, 0.3) is 10.9 Å². The van der Waals surface area contributed by atoms with Gasteiger partial charge in [0.25, 0.3) is 5.56 Å². The fraction of sp³-hybridized carbons (Fsp3) is 0.167. The summed E-state index contributed by atoms with van der Waals surface area (Å²) in [6, 6.07) is 9.94. The van der Waals surface area contributed by atoms with E-state index in [1.807, 2.05) is 6.92 Å². The molecule has 0 amide bonds. The highest BCUT2D eigenvalue weighted by molar-refractivity contribution is 6.31. The van der Waals surface area contributed by atoms with E-state index in [0.29, 0.717) is 39.6 Å². The lowest BCUT2D eigenvalue weighted by atomic mass is 10.2. The Morgan fingerprint density at radius 2 is 2.04 bits per heavy atom. The standard InChI is InChI=1S/C18H16ClN3O4/c1-3-26-16-11(8-12(19)9-15(16)25-2)10-20-22-17(23)13-6-4-5-7-14(13)21-18(22)24/h4-10H,3H2,1-2H3,(H,21,24). The molecule has 2 aromatic carbocycles.